The number of amides is 1. The van der Waals surface area contributed by atoms with Gasteiger partial charge in [-0.3, -0.25) is 14.4 Å². The van der Waals surface area contributed by atoms with E-state index in [1.54, 1.807) is 27.0 Å². The Balaban J connectivity index is 1.78. The molecule has 3 fully saturated rings. The van der Waals surface area contributed by atoms with E-state index in [-0.39, 0.29) is 49.5 Å². The molecule has 0 radical (unpaired) electrons. The standard InChI is InChI=1S/C44H69NO12/c1-10-13-31-19-25(2)18-26(3)20-37(54-8)40-38(55-9)22-28(5)44(52,57-40)41(49)42(50)45-17-12-11-14-32(45)43(51)56-39(29(6)34(47)24-35(31)48)27(4)21-30-15-16-33(46)36(23-30)53-7/h10,19,21,26,28-34,36-40,46-47,52H,1,11-18,20,22-24H2,2-9H3/b25-19+,27-21+/t26-,28+,29?,30-,31+,32?,33+,34?,36+,37?,38-,39?,40?,44?/m0/s1. The molecule has 322 valence electrons. The lowest BCUT2D eigenvalue weighted by Gasteiger charge is -2.47. The van der Waals surface area contributed by atoms with Gasteiger partial charge in [-0.2, -0.15) is 0 Å². The number of hydrogen-bond acceptors (Lipinski definition) is 12. The fraction of sp³-hybridized carbons (Fsp3) is 0.773. The zero-order chi connectivity index (χ0) is 42.2. The zero-order valence-electron chi connectivity index (χ0n) is 35.4. The van der Waals surface area contributed by atoms with Gasteiger partial charge in [0.1, 0.15) is 24.0 Å². The quantitative estimate of drug-likeness (QED) is 0.185. The fourth-order valence-corrected chi connectivity index (χ4v) is 9.42. The summed E-state index contributed by atoms with van der Waals surface area (Å²) < 4.78 is 29.7. The van der Waals surface area contributed by atoms with Crippen LogP contribution in [0.25, 0.3) is 0 Å². The third-order valence-corrected chi connectivity index (χ3v) is 12.9. The minimum absolute atomic E-state index is 0.00988. The molecular formula is C44H69NO12. The molecule has 2 saturated heterocycles. The third-order valence-electron chi connectivity index (χ3n) is 12.9. The van der Waals surface area contributed by atoms with E-state index >= 15 is 0 Å². The summed E-state index contributed by atoms with van der Waals surface area (Å²) in [6.45, 7) is 13.1. The molecule has 1 aliphatic carbocycles. The summed E-state index contributed by atoms with van der Waals surface area (Å²) >= 11 is 0. The van der Waals surface area contributed by atoms with Crippen LogP contribution in [0.4, 0.5) is 0 Å². The maximum absolute atomic E-state index is 14.3. The summed E-state index contributed by atoms with van der Waals surface area (Å²) in [5.74, 6) is -7.76. The van der Waals surface area contributed by atoms with E-state index in [2.05, 4.69) is 6.58 Å². The molecule has 1 saturated carbocycles. The molecule has 2 bridgehead atoms. The number of ketones is 2. The Morgan fingerprint density at radius 1 is 0.930 bits per heavy atom. The van der Waals surface area contributed by atoms with Crippen molar-refractivity contribution >= 4 is 23.4 Å². The number of esters is 1. The van der Waals surface area contributed by atoms with Gasteiger partial charge in [0.05, 0.1) is 30.5 Å². The van der Waals surface area contributed by atoms with Gasteiger partial charge < -0.3 is 43.9 Å². The van der Waals surface area contributed by atoms with Crippen molar-refractivity contribution in [2.75, 3.05) is 27.9 Å². The molecule has 0 aromatic rings. The van der Waals surface area contributed by atoms with Gasteiger partial charge >= 0.3 is 5.97 Å². The normalized spacial score (nSPS) is 41.0. The summed E-state index contributed by atoms with van der Waals surface area (Å²) in [7, 11) is 4.61. The van der Waals surface area contributed by atoms with Crippen molar-refractivity contribution in [3.8, 4) is 0 Å². The largest absolute Gasteiger partial charge is 0.456 e. The van der Waals surface area contributed by atoms with Gasteiger partial charge in [0.15, 0.2) is 0 Å². The van der Waals surface area contributed by atoms with Crippen molar-refractivity contribution in [2.24, 2.45) is 29.6 Å². The molecule has 0 spiro atoms. The van der Waals surface area contributed by atoms with Crippen LogP contribution in [0.2, 0.25) is 0 Å². The number of fused-ring (bicyclic) bond motifs is 3. The zero-order valence-corrected chi connectivity index (χ0v) is 35.4. The Morgan fingerprint density at radius 2 is 1.60 bits per heavy atom. The maximum atomic E-state index is 14.3. The van der Waals surface area contributed by atoms with Crippen molar-refractivity contribution < 1.29 is 58.2 Å². The summed E-state index contributed by atoms with van der Waals surface area (Å²) in [4.78, 5) is 57.8. The number of carbonyl (C=O) groups excluding carboxylic acids is 4. The highest BCUT2D eigenvalue weighted by molar-refractivity contribution is 6.39. The third kappa shape index (κ3) is 11.3. The molecule has 1 amide bonds. The molecule has 0 aromatic carbocycles. The number of hydrogen-bond donors (Lipinski definition) is 3. The number of rotatable bonds is 7. The highest BCUT2D eigenvalue weighted by atomic mass is 16.7. The Morgan fingerprint density at radius 3 is 2.25 bits per heavy atom. The second kappa shape index (κ2) is 21.0. The van der Waals surface area contributed by atoms with Crippen molar-refractivity contribution in [3.63, 3.8) is 0 Å². The van der Waals surface area contributed by atoms with E-state index in [9.17, 15) is 34.5 Å². The number of allylic oxidation sites excluding steroid dienone is 4. The first-order valence-electron chi connectivity index (χ1n) is 20.9. The molecule has 14 atom stereocenters. The number of ether oxygens (including phenoxy) is 5. The summed E-state index contributed by atoms with van der Waals surface area (Å²) in [5.41, 5.74) is 1.61. The second-order valence-corrected chi connectivity index (χ2v) is 17.3. The number of carbonyl (C=O) groups is 4. The number of cyclic esters (lactones) is 1. The second-order valence-electron chi connectivity index (χ2n) is 17.3. The topological polar surface area (TPSA) is 178 Å². The van der Waals surface area contributed by atoms with Gasteiger partial charge in [0.2, 0.25) is 5.79 Å². The average Bonchev–Trinajstić information content (AvgIpc) is 3.18. The first-order chi connectivity index (χ1) is 27.0. The van der Waals surface area contributed by atoms with Crippen molar-refractivity contribution in [2.45, 2.75) is 160 Å². The Labute approximate surface area is 339 Å². The predicted molar refractivity (Wildman–Crippen MR) is 213 cm³/mol. The smallest absolute Gasteiger partial charge is 0.329 e. The fourth-order valence-electron chi connectivity index (χ4n) is 9.42. The van der Waals surface area contributed by atoms with Gasteiger partial charge in [0.25, 0.3) is 11.7 Å². The molecule has 57 heavy (non-hydrogen) atoms. The Hall–Kier alpha value is -2.78. The van der Waals surface area contributed by atoms with Crippen LogP contribution < -0.4 is 0 Å². The Bertz CT molecular complexity index is 1480. The van der Waals surface area contributed by atoms with Gasteiger partial charge in [0, 0.05) is 52.0 Å². The SMILES string of the molecule is C=CC[C@@H]1/C=C(\C)C[C@H](C)CC(OC)C2OC(O)(C(=O)C(=O)N3CCCCC3C(=O)OC(/C(C)=C/[C@@H]3CC[C@@H](O)[C@H](OC)C3)C(C)C(O)CC1=O)[C@H](C)C[C@@H]2OC. The lowest BCUT2D eigenvalue weighted by Crippen LogP contribution is -2.64. The number of Topliss-reactive ketones (excluding diaryl/α,β-unsaturated/α-hetero) is 2. The van der Waals surface area contributed by atoms with E-state index < -0.39 is 83.9 Å². The molecule has 3 N–H and O–H groups in total. The van der Waals surface area contributed by atoms with Crippen molar-refractivity contribution in [1.29, 1.82) is 0 Å². The maximum Gasteiger partial charge on any atom is 0.329 e. The van der Waals surface area contributed by atoms with E-state index in [0.717, 1.165) is 5.57 Å². The molecule has 3 aliphatic heterocycles. The van der Waals surface area contributed by atoms with Crippen LogP contribution >= 0.6 is 0 Å². The van der Waals surface area contributed by atoms with E-state index in [0.29, 0.717) is 56.9 Å². The van der Waals surface area contributed by atoms with Crippen LogP contribution in [0.3, 0.4) is 0 Å². The van der Waals surface area contributed by atoms with Gasteiger partial charge in [-0.15, -0.1) is 6.58 Å². The van der Waals surface area contributed by atoms with Crippen molar-refractivity contribution in [1.82, 2.24) is 4.90 Å². The van der Waals surface area contributed by atoms with Crippen molar-refractivity contribution in [3.05, 3.63) is 36.0 Å². The Kier molecular flexibility index (Phi) is 17.2. The van der Waals surface area contributed by atoms with Gasteiger partial charge in [-0.05, 0) is 95.5 Å². The minimum Gasteiger partial charge on any atom is -0.456 e. The molecule has 3 heterocycles. The average molecular weight is 804 g/mol. The van der Waals surface area contributed by atoms with E-state index in [1.165, 1.54) is 19.1 Å². The molecule has 13 nitrogen and oxygen atoms in total. The number of methoxy groups -OCH3 is 3. The molecule has 13 heteroatoms. The highest BCUT2D eigenvalue weighted by Gasteiger charge is 2.56. The molecule has 4 aliphatic rings. The first-order valence-corrected chi connectivity index (χ1v) is 20.9. The monoisotopic (exact) mass is 803 g/mol. The minimum atomic E-state index is -2.51. The van der Waals surface area contributed by atoms with Crippen LogP contribution in [-0.4, -0.2) is 126 Å². The predicted octanol–water partition coefficient (Wildman–Crippen LogP) is 4.64. The summed E-state index contributed by atoms with van der Waals surface area (Å²) in [6, 6.07) is -1.14. The first kappa shape index (κ1) is 46.9. The molecule has 7 unspecified atom stereocenters. The number of aliphatic hydroxyl groups is 3. The van der Waals surface area contributed by atoms with Crippen LogP contribution in [0.15, 0.2) is 36.0 Å². The van der Waals surface area contributed by atoms with Crippen LogP contribution in [-0.2, 0) is 42.9 Å². The number of nitrogens with zero attached hydrogens (tertiary/aromatic N) is 1. The highest BCUT2D eigenvalue weighted by Crippen LogP contribution is 2.39. The van der Waals surface area contributed by atoms with Gasteiger partial charge in [-0.1, -0.05) is 44.6 Å². The van der Waals surface area contributed by atoms with E-state index in [4.69, 9.17) is 23.7 Å². The molecule has 0 aromatic heterocycles. The van der Waals surface area contributed by atoms with Crippen LogP contribution in [0, 0.1) is 29.6 Å². The van der Waals surface area contributed by atoms with Crippen LogP contribution in [0.1, 0.15) is 105 Å². The van der Waals surface area contributed by atoms with Gasteiger partial charge in [-0.25, -0.2) is 4.79 Å². The number of aliphatic hydroxyl groups excluding tert-OH is 2. The van der Waals surface area contributed by atoms with Crippen LogP contribution in [0.5, 0.6) is 0 Å². The lowest BCUT2D eigenvalue weighted by molar-refractivity contribution is -0.302. The van der Waals surface area contributed by atoms with E-state index in [1.807, 2.05) is 32.9 Å². The summed E-state index contributed by atoms with van der Waals surface area (Å²) in [5, 5.41) is 34.1. The molecular weight excluding hydrogens is 734 g/mol. The molecule has 4 rings (SSSR count). The summed E-state index contributed by atoms with van der Waals surface area (Å²) in [6.07, 6.45) is 4.93. The lowest BCUT2D eigenvalue weighted by atomic mass is 9.81. The number of piperidine rings is 1.